The van der Waals surface area contributed by atoms with Crippen LogP contribution in [0.2, 0.25) is 0 Å². The van der Waals surface area contributed by atoms with Crippen LogP contribution < -0.4 is 0 Å². The van der Waals surface area contributed by atoms with Gasteiger partial charge in [-0.3, -0.25) is 10.00 Å². The fraction of sp³-hybridized carbons (Fsp3) is 0.400. The average Bonchev–Trinajstić information content (AvgIpc) is 3.39. The van der Waals surface area contributed by atoms with Crippen molar-refractivity contribution in [2.45, 2.75) is 45.7 Å². The molecule has 0 spiro atoms. The predicted molar refractivity (Wildman–Crippen MR) is 124 cm³/mol. The van der Waals surface area contributed by atoms with Crippen LogP contribution in [0.4, 0.5) is 0 Å². The van der Waals surface area contributed by atoms with Crippen molar-refractivity contribution >= 4 is 5.65 Å². The van der Waals surface area contributed by atoms with E-state index in [2.05, 4.69) is 65.1 Å². The van der Waals surface area contributed by atoms with Gasteiger partial charge in [0.15, 0.2) is 5.65 Å². The van der Waals surface area contributed by atoms with Gasteiger partial charge in [-0.25, -0.2) is 9.50 Å². The Hall–Kier alpha value is -3.03. The minimum absolute atomic E-state index is 0.329. The summed E-state index contributed by atoms with van der Waals surface area (Å²) in [6.45, 7) is 10.4. The van der Waals surface area contributed by atoms with Gasteiger partial charge in [0.2, 0.25) is 0 Å². The number of hydrogen-bond donors (Lipinski definition) is 1. The van der Waals surface area contributed by atoms with Gasteiger partial charge >= 0.3 is 0 Å². The van der Waals surface area contributed by atoms with Crippen LogP contribution in [0.5, 0.6) is 0 Å². The maximum atomic E-state index is 5.39. The summed E-state index contributed by atoms with van der Waals surface area (Å²) < 4.78 is 7.23. The van der Waals surface area contributed by atoms with Crippen LogP contribution in [0.1, 0.15) is 42.0 Å². The van der Waals surface area contributed by atoms with Gasteiger partial charge < -0.3 is 4.74 Å². The molecular formula is C25H28N6O. The summed E-state index contributed by atoms with van der Waals surface area (Å²) in [5.41, 5.74) is 10.5. The number of ether oxygens (including phenoxy) is 1. The van der Waals surface area contributed by atoms with E-state index in [-0.39, 0.29) is 0 Å². The highest BCUT2D eigenvalue weighted by molar-refractivity contribution is 5.76. The van der Waals surface area contributed by atoms with E-state index >= 15 is 0 Å². The van der Waals surface area contributed by atoms with Gasteiger partial charge in [-0.1, -0.05) is 26.0 Å². The summed E-state index contributed by atoms with van der Waals surface area (Å²) in [6.07, 6.45) is 4.71. The van der Waals surface area contributed by atoms with E-state index in [1.165, 1.54) is 22.3 Å². The predicted octanol–water partition coefficient (Wildman–Crippen LogP) is 3.98. The molecule has 7 heteroatoms. The second-order valence-electron chi connectivity index (χ2n) is 9.35. The molecule has 0 unspecified atom stereocenters. The Balaban J connectivity index is 1.38. The third kappa shape index (κ3) is 3.15. The highest BCUT2D eigenvalue weighted by Gasteiger charge is 2.29. The zero-order chi connectivity index (χ0) is 21.8. The minimum atomic E-state index is 0.329. The monoisotopic (exact) mass is 428 g/mol. The lowest BCUT2D eigenvalue weighted by Gasteiger charge is -2.40. The van der Waals surface area contributed by atoms with E-state index in [0.29, 0.717) is 12.0 Å². The standard InChI is InChI=1S/C25H28N6O/c1-15(2)22-23(28-29-24(22)20-8-16(3)25-26-14-27-31(25)11-20)18-4-5-19-10-30(21-12-32-13-21)7-6-17(19)9-18/h4-5,8-9,11,14-15,21H,6-7,10,12-13H2,1-3H3,(H,28,29). The zero-order valence-electron chi connectivity index (χ0n) is 18.8. The van der Waals surface area contributed by atoms with Gasteiger partial charge in [0, 0.05) is 36.0 Å². The van der Waals surface area contributed by atoms with Crippen molar-refractivity contribution < 1.29 is 4.74 Å². The number of rotatable bonds is 4. The molecule has 2 aliphatic heterocycles. The minimum Gasteiger partial charge on any atom is -0.378 e. The third-order valence-corrected chi connectivity index (χ3v) is 6.89. The number of aryl methyl sites for hydroxylation is 1. The molecule has 0 amide bonds. The zero-order valence-corrected chi connectivity index (χ0v) is 18.8. The first-order chi connectivity index (χ1) is 15.6. The Labute approximate surface area is 187 Å². The number of fused-ring (bicyclic) bond motifs is 2. The highest BCUT2D eigenvalue weighted by atomic mass is 16.5. The van der Waals surface area contributed by atoms with Crippen LogP contribution in [-0.2, 0) is 17.7 Å². The number of nitrogens with one attached hydrogen (secondary N) is 1. The van der Waals surface area contributed by atoms with Crippen molar-refractivity contribution in [3.8, 4) is 22.5 Å². The first-order valence-electron chi connectivity index (χ1n) is 11.4. The van der Waals surface area contributed by atoms with Gasteiger partial charge in [0.05, 0.1) is 30.6 Å². The number of pyridine rings is 1. The van der Waals surface area contributed by atoms with Crippen molar-refractivity contribution in [3.63, 3.8) is 0 Å². The first-order valence-corrected chi connectivity index (χ1v) is 11.4. The summed E-state index contributed by atoms with van der Waals surface area (Å²) >= 11 is 0. The second kappa shape index (κ2) is 7.53. The molecule has 1 aromatic carbocycles. The van der Waals surface area contributed by atoms with Crippen LogP contribution in [0.25, 0.3) is 28.2 Å². The lowest BCUT2D eigenvalue weighted by Crippen LogP contribution is -2.50. The second-order valence-corrected chi connectivity index (χ2v) is 9.35. The fourth-order valence-corrected chi connectivity index (χ4v) is 5.05. The van der Waals surface area contributed by atoms with Crippen molar-refractivity contribution in [2.24, 2.45) is 0 Å². The Morgan fingerprint density at radius 2 is 2.00 bits per heavy atom. The van der Waals surface area contributed by atoms with Crippen LogP contribution in [0, 0.1) is 6.92 Å². The molecule has 0 bridgehead atoms. The van der Waals surface area contributed by atoms with E-state index in [1.54, 1.807) is 6.33 Å². The van der Waals surface area contributed by atoms with Gasteiger partial charge in [-0.05, 0) is 48.1 Å². The maximum absolute atomic E-state index is 5.39. The Morgan fingerprint density at radius 3 is 2.78 bits per heavy atom. The van der Waals surface area contributed by atoms with Gasteiger partial charge in [-0.2, -0.15) is 10.2 Å². The third-order valence-electron chi connectivity index (χ3n) is 6.89. The van der Waals surface area contributed by atoms with Gasteiger partial charge in [0.25, 0.3) is 0 Å². The number of nitrogens with zero attached hydrogens (tertiary/aromatic N) is 5. The lowest BCUT2D eigenvalue weighted by molar-refractivity contribution is -0.0694. The van der Waals surface area contributed by atoms with Gasteiger partial charge in [-0.15, -0.1) is 0 Å². The quantitative estimate of drug-likeness (QED) is 0.532. The van der Waals surface area contributed by atoms with Crippen LogP contribution in [-0.4, -0.2) is 55.5 Å². The summed E-state index contributed by atoms with van der Waals surface area (Å²) in [6, 6.07) is 9.63. The smallest absolute Gasteiger partial charge is 0.158 e. The molecule has 0 aliphatic carbocycles. The number of hydrogen-bond acceptors (Lipinski definition) is 5. The van der Waals surface area contributed by atoms with Crippen molar-refractivity contribution in [1.29, 1.82) is 0 Å². The van der Waals surface area contributed by atoms with E-state index in [9.17, 15) is 0 Å². The number of benzene rings is 1. The molecule has 0 radical (unpaired) electrons. The molecule has 1 fully saturated rings. The van der Waals surface area contributed by atoms with E-state index in [4.69, 9.17) is 9.84 Å². The van der Waals surface area contributed by atoms with Crippen molar-refractivity contribution in [2.75, 3.05) is 19.8 Å². The molecule has 7 nitrogen and oxygen atoms in total. The van der Waals surface area contributed by atoms with E-state index in [0.717, 1.165) is 60.9 Å². The van der Waals surface area contributed by atoms with Crippen LogP contribution >= 0.6 is 0 Å². The molecule has 164 valence electrons. The summed E-state index contributed by atoms with van der Waals surface area (Å²) in [7, 11) is 0. The number of aromatic amines is 1. The number of aromatic nitrogens is 5. The maximum Gasteiger partial charge on any atom is 0.158 e. The normalized spacial score (nSPS) is 17.1. The molecule has 4 aromatic rings. The van der Waals surface area contributed by atoms with Crippen LogP contribution in [0.15, 0.2) is 36.8 Å². The Bertz CT molecular complexity index is 1300. The Morgan fingerprint density at radius 1 is 1.12 bits per heavy atom. The Kier molecular flexibility index (Phi) is 4.62. The largest absolute Gasteiger partial charge is 0.378 e. The summed E-state index contributed by atoms with van der Waals surface area (Å²) in [5.74, 6) is 0.329. The molecule has 32 heavy (non-hydrogen) atoms. The molecule has 5 heterocycles. The molecule has 1 N–H and O–H groups in total. The van der Waals surface area contributed by atoms with Crippen molar-refractivity contribution in [1.82, 2.24) is 29.7 Å². The van der Waals surface area contributed by atoms with Crippen LogP contribution in [0.3, 0.4) is 0 Å². The first kappa shape index (κ1) is 19.6. The van der Waals surface area contributed by atoms with Crippen molar-refractivity contribution in [3.05, 3.63) is 59.0 Å². The molecule has 1 saturated heterocycles. The molecule has 6 rings (SSSR count). The SMILES string of the molecule is Cc1cc(-c2[nH]nc(-c3ccc4c(c3)CCN(C3COC3)C4)c2C(C)C)cn2ncnc12. The molecule has 0 atom stereocenters. The van der Waals surface area contributed by atoms with E-state index < -0.39 is 0 Å². The number of H-pyrrole nitrogens is 1. The molecule has 0 saturated carbocycles. The lowest BCUT2D eigenvalue weighted by atomic mass is 9.91. The molecule has 3 aromatic heterocycles. The van der Waals surface area contributed by atoms with Gasteiger partial charge in [0.1, 0.15) is 6.33 Å². The van der Waals surface area contributed by atoms with E-state index in [1.807, 2.05) is 10.7 Å². The highest BCUT2D eigenvalue weighted by Crippen LogP contribution is 2.37. The molecular weight excluding hydrogens is 400 g/mol. The average molecular weight is 429 g/mol. The molecule has 2 aliphatic rings. The summed E-state index contributed by atoms with van der Waals surface area (Å²) in [4.78, 5) is 6.90. The summed E-state index contributed by atoms with van der Waals surface area (Å²) in [5, 5.41) is 12.5. The topological polar surface area (TPSA) is 71.3 Å². The fourth-order valence-electron chi connectivity index (χ4n) is 5.05.